The van der Waals surface area contributed by atoms with Gasteiger partial charge in [-0.05, 0) is 122 Å². The molecule has 92 heavy (non-hydrogen) atoms. The molecule has 9 nitrogen and oxygen atoms in total. The van der Waals surface area contributed by atoms with Crippen LogP contribution in [-0.4, -0.2) is 70.0 Å². The molecule has 0 aromatic heterocycles. The van der Waals surface area contributed by atoms with E-state index in [2.05, 4.69) is 160 Å². The fourth-order valence-corrected chi connectivity index (χ4v) is 10.9. The number of esters is 2. The summed E-state index contributed by atoms with van der Waals surface area (Å²) < 4.78 is 34.3. The Balaban J connectivity index is 4.08. The van der Waals surface area contributed by atoms with Gasteiger partial charge in [0.05, 0.1) is 27.7 Å². The Morgan fingerprint density at radius 1 is 0.348 bits per heavy atom. The molecule has 10 heteroatoms. The van der Waals surface area contributed by atoms with E-state index in [9.17, 15) is 19.0 Å². The maximum absolute atomic E-state index is 12.9. The summed E-state index contributed by atoms with van der Waals surface area (Å²) >= 11 is 0. The Labute approximate surface area is 567 Å². The molecule has 0 spiro atoms. The first-order valence-electron chi connectivity index (χ1n) is 37.5. The largest absolute Gasteiger partial charge is 0.756 e. The SMILES string of the molecule is CC/C=C\C/C=C\C/C=C\C/C=C\C/C=C\C/C=C\C/C=C\C/C=C\C/C=C\CCCCCC(=O)OC(COC(=O)CCCCCCCCCCCCCCCCCCCCCCCC/C=C\C/C=C\C/C=C\CCCCCCC)COP(=O)([O-])OCC[N+](C)(C)C. The van der Waals surface area contributed by atoms with Crippen LogP contribution in [0.3, 0.4) is 0 Å². The van der Waals surface area contributed by atoms with Crippen LogP contribution in [0.2, 0.25) is 0 Å². The first-order valence-corrected chi connectivity index (χ1v) is 39.0. The molecule has 0 saturated heterocycles. The minimum Gasteiger partial charge on any atom is -0.756 e. The van der Waals surface area contributed by atoms with Crippen molar-refractivity contribution in [3.8, 4) is 0 Å². The van der Waals surface area contributed by atoms with Crippen molar-refractivity contribution in [3.05, 3.63) is 146 Å². The summed E-state index contributed by atoms with van der Waals surface area (Å²) in [5.74, 6) is -0.872. The van der Waals surface area contributed by atoms with E-state index in [4.69, 9.17) is 18.5 Å². The number of allylic oxidation sites excluding steroid dienone is 24. The lowest BCUT2D eigenvalue weighted by Gasteiger charge is -2.28. The number of carbonyl (C=O) groups is 2. The van der Waals surface area contributed by atoms with Gasteiger partial charge < -0.3 is 27.9 Å². The summed E-state index contributed by atoms with van der Waals surface area (Å²) in [7, 11) is 1.13. The summed E-state index contributed by atoms with van der Waals surface area (Å²) in [6.45, 7) is 4.09. The number of rotatable bonds is 68. The zero-order valence-corrected chi connectivity index (χ0v) is 60.8. The van der Waals surface area contributed by atoms with E-state index >= 15 is 0 Å². The second kappa shape index (κ2) is 71.2. The predicted molar refractivity (Wildman–Crippen MR) is 397 cm³/mol. The van der Waals surface area contributed by atoms with Gasteiger partial charge in [0.2, 0.25) is 0 Å². The van der Waals surface area contributed by atoms with Crippen LogP contribution in [0, 0.1) is 0 Å². The van der Waals surface area contributed by atoms with Gasteiger partial charge in [-0.3, -0.25) is 14.2 Å². The number of quaternary nitrogens is 1. The Bertz CT molecular complexity index is 2070. The van der Waals surface area contributed by atoms with E-state index in [0.717, 1.165) is 109 Å². The van der Waals surface area contributed by atoms with Gasteiger partial charge in [-0.1, -0.05) is 320 Å². The molecule has 0 aromatic carbocycles. The van der Waals surface area contributed by atoms with Crippen molar-refractivity contribution < 1.29 is 42.1 Å². The summed E-state index contributed by atoms with van der Waals surface area (Å²) in [6, 6.07) is 0. The highest BCUT2D eigenvalue weighted by Gasteiger charge is 2.22. The number of phosphoric acid groups is 1. The molecule has 2 unspecified atom stereocenters. The maximum atomic E-state index is 12.9. The van der Waals surface area contributed by atoms with Crippen LogP contribution >= 0.6 is 7.82 Å². The van der Waals surface area contributed by atoms with Crippen molar-refractivity contribution in [2.24, 2.45) is 0 Å². The minimum absolute atomic E-state index is 0.0440. The smallest absolute Gasteiger partial charge is 0.306 e. The zero-order chi connectivity index (χ0) is 66.9. The van der Waals surface area contributed by atoms with Gasteiger partial charge in [0.25, 0.3) is 7.82 Å². The van der Waals surface area contributed by atoms with Crippen LogP contribution in [0.25, 0.3) is 0 Å². The molecule has 0 aromatic rings. The Hall–Kier alpha value is -4.11. The van der Waals surface area contributed by atoms with Gasteiger partial charge in [0.1, 0.15) is 19.8 Å². The standard InChI is InChI=1S/C82H140NO8P/c1-6-8-10-12-14-16-18-20-22-24-26-28-30-32-34-36-38-39-40-41-42-43-45-46-48-50-52-54-56-58-60-62-64-66-68-70-72-74-81(84)88-78-80(79-90-92(86,87)89-77-76-83(3,4)5)91-82(85)75-73-71-69-67-65-63-61-59-57-55-53-51-49-47-44-37-35-33-31-29-27-25-23-21-19-17-15-13-11-9-7-2/h9,11,15,17-18,20-21,23-24,26-27,29-30,32-33,35,44,47,51,53,57,59,63,65,80H,6-8,10,12-14,16,19,22,25,28,31,34,36-43,45-46,48-50,52,54-56,58,60-62,64,66-79H2,1-5H3/b11-9-,17-15-,20-18-,23-21-,26-24-,29-27-,32-30-,35-33-,47-44-,53-51-,59-57-,65-63-. The van der Waals surface area contributed by atoms with Gasteiger partial charge >= 0.3 is 11.9 Å². The van der Waals surface area contributed by atoms with Crippen LogP contribution in [0.4, 0.5) is 0 Å². The molecule has 0 amide bonds. The molecular weight excluding hydrogens is 1160 g/mol. The molecule has 0 fully saturated rings. The average Bonchev–Trinajstić information content (AvgIpc) is 2.14. The molecule has 0 heterocycles. The van der Waals surface area contributed by atoms with Crippen molar-refractivity contribution in [2.45, 2.75) is 315 Å². The highest BCUT2D eigenvalue weighted by molar-refractivity contribution is 7.45. The molecule has 0 rings (SSSR count). The number of ether oxygens (including phenoxy) is 2. The Morgan fingerprint density at radius 2 is 0.620 bits per heavy atom. The Morgan fingerprint density at radius 3 is 0.935 bits per heavy atom. The molecule has 0 saturated carbocycles. The number of phosphoric ester groups is 1. The van der Waals surface area contributed by atoms with Gasteiger partial charge in [-0.2, -0.15) is 0 Å². The lowest BCUT2D eigenvalue weighted by atomic mass is 10.0. The quantitative estimate of drug-likeness (QED) is 0.0195. The van der Waals surface area contributed by atoms with Gasteiger partial charge in [0, 0.05) is 12.8 Å². The van der Waals surface area contributed by atoms with E-state index in [-0.39, 0.29) is 26.1 Å². The summed E-state index contributed by atoms with van der Waals surface area (Å²) in [5, 5.41) is 0. The number of nitrogens with zero attached hydrogens (tertiary/aromatic N) is 1. The molecule has 0 N–H and O–H groups in total. The lowest BCUT2D eigenvalue weighted by Crippen LogP contribution is -2.37. The number of hydrogen-bond donors (Lipinski definition) is 0. The molecule has 2 atom stereocenters. The number of unbranched alkanes of at least 4 members (excludes halogenated alkanes) is 30. The highest BCUT2D eigenvalue weighted by atomic mass is 31.2. The van der Waals surface area contributed by atoms with Gasteiger partial charge in [-0.25, -0.2) is 0 Å². The van der Waals surface area contributed by atoms with E-state index in [1.54, 1.807) is 0 Å². The van der Waals surface area contributed by atoms with Gasteiger partial charge in [0.15, 0.2) is 6.10 Å². The van der Waals surface area contributed by atoms with Crippen molar-refractivity contribution in [2.75, 3.05) is 47.5 Å². The zero-order valence-electron chi connectivity index (χ0n) is 59.9. The van der Waals surface area contributed by atoms with Gasteiger partial charge in [-0.15, -0.1) is 0 Å². The van der Waals surface area contributed by atoms with Crippen LogP contribution in [0.15, 0.2) is 146 Å². The third-order valence-electron chi connectivity index (χ3n) is 15.8. The summed E-state index contributed by atoms with van der Waals surface area (Å²) in [4.78, 5) is 38.1. The fraction of sp³-hybridized carbons (Fsp3) is 0.683. The van der Waals surface area contributed by atoms with Crippen LogP contribution < -0.4 is 4.89 Å². The van der Waals surface area contributed by atoms with Crippen LogP contribution in [0.1, 0.15) is 309 Å². The molecule has 0 radical (unpaired) electrons. The molecule has 0 aliphatic rings. The number of hydrogen-bond acceptors (Lipinski definition) is 8. The molecule has 526 valence electrons. The third-order valence-corrected chi connectivity index (χ3v) is 16.8. The first kappa shape index (κ1) is 87.9. The second-order valence-electron chi connectivity index (χ2n) is 25.9. The van der Waals surface area contributed by atoms with E-state index in [0.29, 0.717) is 17.4 Å². The highest BCUT2D eigenvalue weighted by Crippen LogP contribution is 2.38. The normalized spacial score (nSPS) is 13.9. The fourth-order valence-electron chi connectivity index (χ4n) is 10.1. The third kappa shape index (κ3) is 74.9. The van der Waals surface area contributed by atoms with E-state index < -0.39 is 32.5 Å². The molecule has 0 aliphatic carbocycles. The van der Waals surface area contributed by atoms with Crippen molar-refractivity contribution in [3.63, 3.8) is 0 Å². The molecule has 0 bridgehead atoms. The maximum Gasteiger partial charge on any atom is 0.306 e. The summed E-state index contributed by atoms with van der Waals surface area (Å²) in [6.07, 6.45) is 105. The van der Waals surface area contributed by atoms with Crippen molar-refractivity contribution in [1.29, 1.82) is 0 Å². The van der Waals surface area contributed by atoms with E-state index in [1.165, 1.54) is 167 Å². The van der Waals surface area contributed by atoms with Crippen LogP contribution in [-0.2, 0) is 32.7 Å². The Kier molecular flexibility index (Phi) is 68.0. The average molecular weight is 1300 g/mol. The lowest BCUT2D eigenvalue weighted by molar-refractivity contribution is -0.870. The first-order chi connectivity index (χ1) is 45.0. The number of carbonyl (C=O) groups excluding carboxylic acids is 2. The topological polar surface area (TPSA) is 111 Å². The summed E-state index contributed by atoms with van der Waals surface area (Å²) in [5.41, 5.74) is 0. The second-order valence-corrected chi connectivity index (χ2v) is 27.3. The van der Waals surface area contributed by atoms with Crippen LogP contribution in [0.5, 0.6) is 0 Å². The van der Waals surface area contributed by atoms with Crippen molar-refractivity contribution >= 4 is 19.8 Å². The molecule has 0 aliphatic heterocycles. The van der Waals surface area contributed by atoms with E-state index in [1.807, 2.05) is 21.1 Å². The minimum atomic E-state index is -4.66. The molecular formula is C82H140NO8P. The number of likely N-dealkylation sites (N-methyl/N-ethyl adjacent to an activating group) is 1. The predicted octanol–water partition coefficient (Wildman–Crippen LogP) is 24.3. The monoisotopic (exact) mass is 1300 g/mol. The van der Waals surface area contributed by atoms with Crippen molar-refractivity contribution in [1.82, 2.24) is 0 Å².